The van der Waals surface area contributed by atoms with E-state index in [-0.39, 0.29) is 14.0 Å². The van der Waals surface area contributed by atoms with Crippen molar-refractivity contribution >= 4 is 104 Å². The third kappa shape index (κ3) is 5.65. The Morgan fingerprint density at radius 2 is 0.750 bits per heavy atom. The number of fused-ring (bicyclic) bond motifs is 6. The van der Waals surface area contributed by atoms with Crippen LogP contribution in [0.25, 0.3) is 31.5 Å². The van der Waals surface area contributed by atoms with E-state index in [9.17, 15) is 10.5 Å². The molecule has 0 spiro atoms. The smallest absolute Gasteiger partial charge is 0.358 e. The maximum atomic E-state index is 9.79. The lowest BCUT2D eigenvalue weighted by atomic mass is 9.60. The summed E-state index contributed by atoms with van der Waals surface area (Å²) < 4.78 is 4.48. The number of rotatable bonds is 6. The second-order valence-corrected chi connectivity index (χ2v) is 16.0. The molecule has 0 unspecified atom stereocenters. The maximum Gasteiger partial charge on any atom is 0.421 e. The van der Waals surface area contributed by atoms with Gasteiger partial charge in [-0.25, -0.2) is 9.69 Å². The summed E-state index contributed by atoms with van der Waals surface area (Å²) in [5, 5.41) is 21.8. The van der Waals surface area contributed by atoms with Gasteiger partial charge in [0.15, 0.2) is 11.4 Å². The second kappa shape index (κ2) is 14.8. The normalized spacial score (nSPS) is 12.9. The first-order chi connectivity index (χ1) is 31.4. The molecule has 0 amide bonds. The molecule has 0 radical (unpaired) electrons. The van der Waals surface area contributed by atoms with Crippen molar-refractivity contribution in [1.29, 1.82) is 10.5 Å². The third-order valence-electron chi connectivity index (χ3n) is 12.6. The number of nitrogens with zero attached hydrogens (tertiary/aromatic N) is 10. The number of benzene rings is 7. The van der Waals surface area contributed by atoms with Gasteiger partial charge in [0.1, 0.15) is 11.6 Å². The van der Waals surface area contributed by atoms with Crippen LogP contribution in [0.1, 0.15) is 11.1 Å². The van der Waals surface area contributed by atoms with Crippen LogP contribution in [0.3, 0.4) is 0 Å². The molecule has 0 aliphatic carbocycles. The fourth-order valence-corrected chi connectivity index (χ4v) is 9.73. The van der Waals surface area contributed by atoms with Gasteiger partial charge < -0.3 is 28.4 Å². The van der Waals surface area contributed by atoms with E-state index in [4.69, 9.17) is 13.1 Å². The molecule has 0 saturated carbocycles. The molecule has 0 N–H and O–H groups in total. The number of hydrogen-bond acceptors (Lipinski definition) is 6. The molecule has 4 heterocycles. The molecule has 12 heteroatoms. The summed E-state index contributed by atoms with van der Waals surface area (Å²) in [6.45, 7) is 14.7. The molecule has 2 aromatic heterocycles. The van der Waals surface area contributed by atoms with E-state index in [0.717, 1.165) is 78.5 Å². The van der Waals surface area contributed by atoms with Gasteiger partial charge in [-0.2, -0.15) is 10.5 Å². The minimum Gasteiger partial charge on any atom is -0.358 e. The van der Waals surface area contributed by atoms with Gasteiger partial charge in [-0.05, 0) is 83.7 Å². The summed E-state index contributed by atoms with van der Waals surface area (Å²) in [5.41, 5.74) is 12.4. The van der Waals surface area contributed by atoms with Crippen LogP contribution in [0, 0.1) is 35.8 Å². The number of para-hydroxylation sites is 2. The highest BCUT2D eigenvalue weighted by atomic mass is 15.4. The summed E-state index contributed by atoms with van der Waals surface area (Å²) in [6, 6.07) is 61.4. The Morgan fingerprint density at radius 3 is 1.09 bits per heavy atom. The number of aromatic nitrogens is 2. The van der Waals surface area contributed by atoms with Crippen molar-refractivity contribution < 1.29 is 0 Å². The van der Waals surface area contributed by atoms with E-state index >= 15 is 0 Å². The van der Waals surface area contributed by atoms with Crippen molar-refractivity contribution in [2.75, 3.05) is 19.2 Å². The number of aryl methyl sites for hydroxylation is 2. The van der Waals surface area contributed by atoms with E-state index in [1.807, 2.05) is 97.1 Å². The lowest BCUT2D eigenvalue weighted by molar-refractivity contribution is 0.964. The molecule has 0 saturated heterocycles. The average Bonchev–Trinajstić information content (AvgIpc) is 4.07. The molecule has 2 aliphatic rings. The lowest BCUT2D eigenvalue weighted by Gasteiger charge is -2.33. The summed E-state index contributed by atoms with van der Waals surface area (Å²) >= 11 is 0. The fraction of sp³-hybridized carbons (Fsp3) is 0.0385. The average molecular weight is 821 g/mol. The largest absolute Gasteiger partial charge is 0.421 e. The summed E-state index contributed by atoms with van der Waals surface area (Å²) in [4.78, 5) is 16.8. The van der Waals surface area contributed by atoms with Crippen LogP contribution in [0.4, 0.5) is 57.1 Å². The minimum atomic E-state index is -0.366. The van der Waals surface area contributed by atoms with Crippen LogP contribution in [0.15, 0.2) is 170 Å². The maximum absolute atomic E-state index is 9.79. The second-order valence-electron chi connectivity index (χ2n) is 16.0. The SMILES string of the molecule is [C-]#[N+]c1ccc(N2B(c3ccc(B4N(c5ccc(C#N)cc5)c5c(n(C)c6ccccc56)N4c4ccc(C#N)cc4)cc3)N(c3ccc([N+]#[C-])cc3)c3c2c2ccccc2n3C)cc1. The van der Waals surface area contributed by atoms with Crippen LogP contribution < -0.4 is 30.2 Å². The van der Waals surface area contributed by atoms with Crippen molar-refractivity contribution in [2.24, 2.45) is 14.1 Å². The molecule has 298 valence electrons. The monoisotopic (exact) mass is 820 g/mol. The van der Waals surface area contributed by atoms with Crippen molar-refractivity contribution in [3.05, 3.63) is 204 Å². The van der Waals surface area contributed by atoms with Crippen LogP contribution >= 0.6 is 0 Å². The Labute approximate surface area is 371 Å². The molecule has 11 rings (SSSR count). The first kappa shape index (κ1) is 37.9. The zero-order chi connectivity index (χ0) is 43.6. The summed E-state index contributed by atoms with van der Waals surface area (Å²) in [5.74, 6) is 2.02. The van der Waals surface area contributed by atoms with Crippen molar-refractivity contribution in [1.82, 2.24) is 9.13 Å². The van der Waals surface area contributed by atoms with Gasteiger partial charge in [-0.15, -0.1) is 0 Å². The molecule has 0 bridgehead atoms. The molecule has 2 aliphatic heterocycles. The highest BCUT2D eigenvalue weighted by Crippen LogP contribution is 2.53. The van der Waals surface area contributed by atoms with Gasteiger partial charge in [-0.3, -0.25) is 0 Å². The van der Waals surface area contributed by atoms with E-state index < -0.39 is 0 Å². The highest BCUT2D eigenvalue weighted by Gasteiger charge is 2.49. The Morgan fingerprint density at radius 1 is 0.422 bits per heavy atom. The van der Waals surface area contributed by atoms with Crippen LogP contribution in [0.2, 0.25) is 0 Å². The van der Waals surface area contributed by atoms with Gasteiger partial charge in [-0.1, -0.05) is 97.1 Å². The van der Waals surface area contributed by atoms with Gasteiger partial charge in [0.2, 0.25) is 0 Å². The summed E-state index contributed by atoms with van der Waals surface area (Å²) in [7, 11) is 4.20. The summed E-state index contributed by atoms with van der Waals surface area (Å²) in [6.07, 6.45) is 0. The molecule has 7 aromatic carbocycles. The van der Waals surface area contributed by atoms with Crippen molar-refractivity contribution in [3.63, 3.8) is 0 Å². The molecule has 64 heavy (non-hydrogen) atoms. The number of nitriles is 2. The zero-order valence-electron chi connectivity index (χ0n) is 34.8. The fourth-order valence-electron chi connectivity index (χ4n) is 9.73. The number of anilines is 8. The predicted octanol–water partition coefficient (Wildman–Crippen LogP) is 10.9. The molecule has 9 aromatic rings. The molecule has 0 fully saturated rings. The van der Waals surface area contributed by atoms with E-state index in [1.165, 1.54) is 0 Å². The van der Waals surface area contributed by atoms with Gasteiger partial charge in [0, 0.05) is 47.6 Å². The third-order valence-corrected chi connectivity index (χ3v) is 12.6. The van der Waals surface area contributed by atoms with Gasteiger partial charge >= 0.3 is 14.0 Å². The lowest BCUT2D eigenvalue weighted by Crippen LogP contribution is -2.56. The van der Waals surface area contributed by atoms with E-state index in [1.54, 1.807) is 0 Å². The molecular formula is C52H34B2N10. The Kier molecular flexibility index (Phi) is 8.77. The Bertz CT molecular complexity index is 3240. The van der Waals surface area contributed by atoms with Crippen LogP contribution in [0.5, 0.6) is 0 Å². The Hall–Kier alpha value is -9.09. The zero-order valence-corrected chi connectivity index (χ0v) is 34.8. The quantitative estimate of drug-likeness (QED) is 0.123. The molecule has 0 atom stereocenters. The topological polar surface area (TPSA) is 79.1 Å². The van der Waals surface area contributed by atoms with E-state index in [0.29, 0.717) is 22.5 Å². The molecular weight excluding hydrogens is 786 g/mol. The van der Waals surface area contributed by atoms with Gasteiger partial charge in [0.05, 0.1) is 58.8 Å². The van der Waals surface area contributed by atoms with Crippen molar-refractivity contribution in [3.8, 4) is 12.1 Å². The highest BCUT2D eigenvalue weighted by molar-refractivity contribution is 6.86. The predicted molar refractivity (Wildman–Crippen MR) is 259 cm³/mol. The minimum absolute atomic E-state index is 0.360. The van der Waals surface area contributed by atoms with Crippen LogP contribution in [-0.2, 0) is 14.1 Å². The van der Waals surface area contributed by atoms with Crippen molar-refractivity contribution in [2.45, 2.75) is 0 Å². The van der Waals surface area contributed by atoms with Crippen LogP contribution in [-0.4, -0.2) is 23.1 Å². The Balaban J connectivity index is 1.12. The van der Waals surface area contributed by atoms with Gasteiger partial charge in [0.25, 0.3) is 0 Å². The first-order valence-corrected chi connectivity index (χ1v) is 20.8. The molecule has 10 nitrogen and oxygen atoms in total. The number of hydrogen-bond donors (Lipinski definition) is 0. The van der Waals surface area contributed by atoms with E-state index in [2.05, 4.69) is 137 Å². The standard InChI is InChI=1S/C52H34B2N10/c1-57-39-21-29-42(30-22-39)62-50-46-10-6-8-12-48(46)60(4)52(50)64(44-31-23-40(58-2)24-32-44)54(62)38-19-17-37(18-20-38)53-61(41-25-13-35(33-55)14-26-41)49-45-9-5-7-11-47(45)59(3)51(49)63(53)43-27-15-36(34-56)16-28-43/h5-32H,3-4H3. The first-order valence-electron chi connectivity index (χ1n) is 20.8.